The third-order valence-electron chi connectivity index (χ3n) is 3.75. The van der Waals surface area contributed by atoms with E-state index in [1.54, 1.807) is 24.4 Å². The number of hydrogen-bond donors (Lipinski definition) is 1. The Balaban J connectivity index is 2.10. The number of pyridine rings is 1. The van der Waals surface area contributed by atoms with Crippen molar-refractivity contribution in [3.8, 4) is 11.8 Å². The Morgan fingerprint density at radius 3 is 2.32 bits per heavy atom. The lowest BCUT2D eigenvalue weighted by Crippen LogP contribution is -2.40. The SMILES string of the molecule is CC(C)(C)OC(=O)NCC(C)(C)c1ncc(C#Cc2ccc(F)cc2)cc1Cl. The number of carbonyl (C=O) groups excluding carboxylic acids is 1. The molecule has 0 aliphatic heterocycles. The summed E-state index contributed by atoms with van der Waals surface area (Å²) in [6.07, 6.45) is 1.14. The molecule has 1 aromatic carbocycles. The lowest BCUT2D eigenvalue weighted by molar-refractivity contribution is 0.0517. The number of amides is 1. The lowest BCUT2D eigenvalue weighted by Gasteiger charge is -2.27. The third-order valence-corrected chi connectivity index (χ3v) is 4.04. The quantitative estimate of drug-likeness (QED) is 0.728. The molecule has 0 aliphatic carbocycles. The van der Waals surface area contributed by atoms with Crippen molar-refractivity contribution in [1.29, 1.82) is 0 Å². The van der Waals surface area contributed by atoms with Gasteiger partial charge in [0.05, 0.1) is 10.7 Å². The van der Waals surface area contributed by atoms with E-state index in [-0.39, 0.29) is 5.82 Å². The van der Waals surface area contributed by atoms with Gasteiger partial charge in [0.2, 0.25) is 0 Å². The van der Waals surface area contributed by atoms with Gasteiger partial charge in [-0.05, 0) is 51.1 Å². The summed E-state index contributed by atoms with van der Waals surface area (Å²) < 4.78 is 18.2. The number of aromatic nitrogens is 1. The number of rotatable bonds is 3. The zero-order valence-electron chi connectivity index (χ0n) is 16.7. The fourth-order valence-corrected chi connectivity index (χ4v) is 2.80. The molecule has 2 aromatic rings. The Kier molecular flexibility index (Phi) is 6.69. The van der Waals surface area contributed by atoms with Gasteiger partial charge in [-0.15, -0.1) is 0 Å². The Hall–Kier alpha value is -2.58. The number of nitrogens with one attached hydrogen (secondary N) is 1. The number of benzene rings is 1. The Morgan fingerprint density at radius 2 is 1.75 bits per heavy atom. The Labute approximate surface area is 170 Å². The average Bonchev–Trinajstić information content (AvgIpc) is 2.58. The molecule has 1 aromatic heterocycles. The van der Waals surface area contributed by atoms with E-state index in [9.17, 15) is 9.18 Å². The normalized spacial score (nSPS) is 11.4. The number of halogens is 2. The van der Waals surface area contributed by atoms with Crippen LogP contribution in [0.25, 0.3) is 0 Å². The van der Waals surface area contributed by atoms with Crippen molar-refractivity contribution in [3.63, 3.8) is 0 Å². The van der Waals surface area contributed by atoms with Crippen LogP contribution < -0.4 is 5.32 Å². The highest BCUT2D eigenvalue weighted by molar-refractivity contribution is 6.31. The summed E-state index contributed by atoms with van der Waals surface area (Å²) in [6.45, 7) is 9.60. The molecule has 4 nitrogen and oxygen atoms in total. The molecule has 0 unspecified atom stereocenters. The molecular weight excluding hydrogens is 379 g/mol. The zero-order valence-corrected chi connectivity index (χ0v) is 17.4. The first kappa shape index (κ1) is 21.7. The fraction of sp³-hybridized carbons (Fsp3) is 0.364. The molecule has 1 N–H and O–H groups in total. The third kappa shape index (κ3) is 6.54. The van der Waals surface area contributed by atoms with Gasteiger partial charge < -0.3 is 10.1 Å². The lowest BCUT2D eigenvalue weighted by atomic mass is 9.88. The first-order chi connectivity index (χ1) is 13.0. The van der Waals surface area contributed by atoms with Gasteiger partial charge in [-0.25, -0.2) is 9.18 Å². The minimum absolute atomic E-state index is 0.304. The van der Waals surface area contributed by atoms with Crippen molar-refractivity contribution < 1.29 is 13.9 Å². The average molecular weight is 403 g/mol. The maximum absolute atomic E-state index is 12.9. The molecular formula is C22H24ClFN2O2. The van der Waals surface area contributed by atoms with E-state index < -0.39 is 17.1 Å². The Bertz CT molecular complexity index is 907. The van der Waals surface area contributed by atoms with E-state index >= 15 is 0 Å². The Morgan fingerprint density at radius 1 is 1.14 bits per heavy atom. The second-order valence-electron chi connectivity index (χ2n) is 8.05. The highest BCUT2D eigenvalue weighted by atomic mass is 35.5. The van der Waals surface area contributed by atoms with E-state index in [4.69, 9.17) is 16.3 Å². The highest BCUT2D eigenvalue weighted by Crippen LogP contribution is 2.28. The molecule has 0 radical (unpaired) electrons. The summed E-state index contributed by atoms with van der Waals surface area (Å²) in [7, 11) is 0. The van der Waals surface area contributed by atoms with Crippen LogP contribution in [0, 0.1) is 17.7 Å². The van der Waals surface area contributed by atoms with E-state index in [2.05, 4.69) is 22.1 Å². The van der Waals surface area contributed by atoms with E-state index in [1.807, 2.05) is 34.6 Å². The zero-order chi connectivity index (χ0) is 20.9. The first-order valence-electron chi connectivity index (χ1n) is 8.87. The van der Waals surface area contributed by atoms with Crippen LogP contribution in [0.2, 0.25) is 5.02 Å². The summed E-state index contributed by atoms with van der Waals surface area (Å²) in [5.41, 5.74) is 0.932. The molecule has 0 spiro atoms. The highest BCUT2D eigenvalue weighted by Gasteiger charge is 2.27. The van der Waals surface area contributed by atoms with Gasteiger partial charge in [0.15, 0.2) is 0 Å². The first-order valence-corrected chi connectivity index (χ1v) is 9.24. The van der Waals surface area contributed by atoms with Crippen molar-refractivity contribution in [1.82, 2.24) is 10.3 Å². The molecule has 148 valence electrons. The standard InChI is InChI=1S/C22H24ClFN2O2/c1-21(2,3)28-20(27)26-14-22(4,5)19-18(23)12-16(13-25-19)7-6-15-8-10-17(24)11-9-15/h8-13H,14H2,1-5H3,(H,26,27). The van der Waals surface area contributed by atoms with Gasteiger partial charge in [-0.3, -0.25) is 4.98 Å². The number of nitrogens with zero attached hydrogens (tertiary/aromatic N) is 1. The molecule has 0 saturated carbocycles. The van der Waals surface area contributed by atoms with Gasteiger partial charge >= 0.3 is 6.09 Å². The van der Waals surface area contributed by atoms with E-state index in [0.29, 0.717) is 28.4 Å². The van der Waals surface area contributed by atoms with Gasteiger partial charge in [0.1, 0.15) is 11.4 Å². The van der Waals surface area contributed by atoms with Crippen LogP contribution in [0.4, 0.5) is 9.18 Å². The predicted octanol–water partition coefficient (Wildman–Crippen LogP) is 5.08. The summed E-state index contributed by atoms with van der Waals surface area (Å²) in [5, 5.41) is 3.21. The molecule has 0 bridgehead atoms. The summed E-state index contributed by atoms with van der Waals surface area (Å²) in [6, 6.07) is 7.67. The van der Waals surface area contributed by atoms with Crippen LogP contribution >= 0.6 is 11.6 Å². The molecule has 0 atom stereocenters. The topological polar surface area (TPSA) is 51.2 Å². The van der Waals surface area contributed by atoms with Gasteiger partial charge in [0.25, 0.3) is 0 Å². The van der Waals surface area contributed by atoms with Crippen molar-refractivity contribution in [2.75, 3.05) is 6.54 Å². The summed E-state index contributed by atoms with van der Waals surface area (Å²) >= 11 is 6.41. The second kappa shape index (κ2) is 8.62. The molecule has 28 heavy (non-hydrogen) atoms. The van der Waals surface area contributed by atoms with Crippen LogP contribution in [-0.2, 0) is 10.2 Å². The van der Waals surface area contributed by atoms with E-state index in [0.717, 1.165) is 0 Å². The largest absolute Gasteiger partial charge is 0.444 e. The maximum Gasteiger partial charge on any atom is 0.407 e. The molecule has 0 saturated heterocycles. The van der Waals surface area contributed by atoms with Crippen LogP contribution in [-0.4, -0.2) is 23.2 Å². The summed E-state index contributed by atoms with van der Waals surface area (Å²) in [5.74, 6) is 5.61. The summed E-state index contributed by atoms with van der Waals surface area (Å²) in [4.78, 5) is 16.3. The van der Waals surface area contributed by atoms with Gasteiger partial charge in [-0.1, -0.05) is 37.3 Å². The second-order valence-corrected chi connectivity index (χ2v) is 8.46. The molecule has 0 aliphatic rings. The molecule has 0 fully saturated rings. The number of hydrogen-bond acceptors (Lipinski definition) is 3. The smallest absolute Gasteiger partial charge is 0.407 e. The monoisotopic (exact) mass is 402 g/mol. The van der Waals surface area contributed by atoms with Crippen LogP contribution in [0.1, 0.15) is 51.4 Å². The van der Waals surface area contributed by atoms with Gasteiger partial charge in [0, 0.05) is 29.3 Å². The fourth-order valence-electron chi connectivity index (χ4n) is 2.37. The molecule has 6 heteroatoms. The van der Waals surface area contributed by atoms with Crippen LogP contribution in [0.3, 0.4) is 0 Å². The number of alkyl carbamates (subject to hydrolysis) is 1. The molecule has 1 heterocycles. The molecule has 2 rings (SSSR count). The maximum atomic E-state index is 12.9. The van der Waals surface area contributed by atoms with E-state index in [1.165, 1.54) is 12.1 Å². The minimum Gasteiger partial charge on any atom is -0.444 e. The number of ether oxygens (including phenoxy) is 1. The van der Waals surface area contributed by atoms with Crippen molar-refractivity contribution in [2.45, 2.75) is 45.6 Å². The van der Waals surface area contributed by atoms with Crippen LogP contribution in [0.15, 0.2) is 36.5 Å². The minimum atomic E-state index is -0.561. The van der Waals surface area contributed by atoms with Crippen LogP contribution in [0.5, 0.6) is 0 Å². The predicted molar refractivity (Wildman–Crippen MR) is 109 cm³/mol. The number of carbonyl (C=O) groups is 1. The van der Waals surface area contributed by atoms with Gasteiger partial charge in [-0.2, -0.15) is 0 Å². The van der Waals surface area contributed by atoms with Crippen molar-refractivity contribution >= 4 is 17.7 Å². The molecule has 1 amide bonds. The van der Waals surface area contributed by atoms with Crippen molar-refractivity contribution in [3.05, 3.63) is 64.2 Å². The van der Waals surface area contributed by atoms with Crippen molar-refractivity contribution in [2.24, 2.45) is 0 Å².